The minimum absolute atomic E-state index is 0.337. The average molecular weight is 216 g/mol. The Balaban J connectivity index is 1.96. The van der Waals surface area contributed by atoms with Crippen molar-refractivity contribution in [1.29, 1.82) is 0 Å². The van der Waals surface area contributed by atoms with Crippen molar-refractivity contribution in [2.45, 2.75) is 18.9 Å². The Morgan fingerprint density at radius 3 is 3.00 bits per heavy atom. The van der Waals surface area contributed by atoms with Crippen LogP contribution in [0.3, 0.4) is 0 Å². The highest BCUT2D eigenvalue weighted by Crippen LogP contribution is 2.23. The van der Waals surface area contributed by atoms with Gasteiger partial charge < -0.3 is 15.6 Å². The number of hydrogen-bond acceptors (Lipinski definition) is 4. The molecule has 3 heterocycles. The van der Waals surface area contributed by atoms with Gasteiger partial charge in [0, 0.05) is 31.4 Å². The number of piperidine rings is 1. The van der Waals surface area contributed by atoms with E-state index in [-0.39, 0.29) is 0 Å². The zero-order valence-corrected chi connectivity index (χ0v) is 8.98. The van der Waals surface area contributed by atoms with Crippen LogP contribution in [0.15, 0.2) is 12.5 Å². The van der Waals surface area contributed by atoms with Crippen molar-refractivity contribution in [3.05, 3.63) is 18.6 Å². The molecular formula is C11H14N5. The number of H-pyrrole nitrogens is 1. The molecule has 5 heteroatoms. The molecule has 1 fully saturated rings. The lowest BCUT2D eigenvalue weighted by Gasteiger charge is -2.31. The molecular weight excluding hydrogens is 202 g/mol. The molecule has 5 nitrogen and oxygen atoms in total. The fraction of sp³-hybridized carbons (Fsp3) is 0.455. The minimum Gasteiger partial charge on any atom is -0.356 e. The van der Waals surface area contributed by atoms with Crippen molar-refractivity contribution in [3.63, 3.8) is 0 Å². The second kappa shape index (κ2) is 3.75. The van der Waals surface area contributed by atoms with Crippen LogP contribution in [-0.2, 0) is 0 Å². The monoisotopic (exact) mass is 216 g/mol. The number of aromatic amines is 1. The number of anilines is 1. The van der Waals surface area contributed by atoms with E-state index in [0.717, 1.165) is 42.8 Å². The summed E-state index contributed by atoms with van der Waals surface area (Å²) in [5, 5.41) is 0.970. The van der Waals surface area contributed by atoms with Gasteiger partial charge in [0.2, 0.25) is 0 Å². The van der Waals surface area contributed by atoms with Crippen molar-refractivity contribution in [1.82, 2.24) is 15.0 Å². The van der Waals surface area contributed by atoms with E-state index in [1.807, 2.05) is 0 Å². The highest BCUT2D eigenvalue weighted by atomic mass is 15.2. The molecule has 3 N–H and O–H groups in total. The molecule has 16 heavy (non-hydrogen) atoms. The summed E-state index contributed by atoms with van der Waals surface area (Å²) < 4.78 is 0. The van der Waals surface area contributed by atoms with Crippen molar-refractivity contribution >= 4 is 16.9 Å². The van der Waals surface area contributed by atoms with Crippen molar-refractivity contribution in [2.75, 3.05) is 18.0 Å². The largest absolute Gasteiger partial charge is 0.356 e. The number of nitrogens with two attached hydrogens (primary N) is 1. The highest BCUT2D eigenvalue weighted by Gasteiger charge is 2.19. The zero-order valence-electron chi connectivity index (χ0n) is 8.98. The van der Waals surface area contributed by atoms with E-state index in [2.05, 4.69) is 25.9 Å². The molecule has 1 radical (unpaired) electrons. The molecule has 1 aliphatic rings. The van der Waals surface area contributed by atoms with Crippen molar-refractivity contribution in [3.8, 4) is 0 Å². The van der Waals surface area contributed by atoms with Gasteiger partial charge in [-0.3, -0.25) is 0 Å². The average Bonchev–Trinajstić information content (AvgIpc) is 2.78. The number of nitrogens with zero attached hydrogens (tertiary/aromatic N) is 3. The van der Waals surface area contributed by atoms with Crippen molar-refractivity contribution < 1.29 is 0 Å². The molecule has 0 atom stereocenters. The number of aromatic nitrogens is 3. The quantitative estimate of drug-likeness (QED) is 0.735. The smallest absolute Gasteiger partial charge is 0.143 e. The van der Waals surface area contributed by atoms with Crippen LogP contribution in [-0.4, -0.2) is 34.1 Å². The zero-order chi connectivity index (χ0) is 11.0. The first-order chi connectivity index (χ1) is 7.84. The molecule has 3 rings (SSSR count). The third-order valence-corrected chi connectivity index (χ3v) is 3.09. The molecule has 0 unspecified atom stereocenters. The van der Waals surface area contributed by atoms with E-state index in [1.54, 1.807) is 12.5 Å². The maximum absolute atomic E-state index is 5.89. The van der Waals surface area contributed by atoms with Gasteiger partial charge in [0.05, 0.1) is 5.39 Å². The van der Waals surface area contributed by atoms with E-state index >= 15 is 0 Å². The lowest BCUT2D eigenvalue weighted by atomic mass is 10.1. The minimum atomic E-state index is 0.337. The second-order valence-corrected chi connectivity index (χ2v) is 4.18. The Kier molecular flexibility index (Phi) is 2.25. The molecule has 0 bridgehead atoms. The molecule has 0 saturated carbocycles. The molecule has 1 saturated heterocycles. The molecule has 83 valence electrons. The Morgan fingerprint density at radius 1 is 1.38 bits per heavy atom. The number of rotatable bonds is 1. The number of nitrogens with one attached hydrogen (secondary N) is 1. The summed E-state index contributed by atoms with van der Waals surface area (Å²) in [5.74, 6) is 0.971. The van der Waals surface area contributed by atoms with E-state index in [0.29, 0.717) is 6.04 Å². The second-order valence-electron chi connectivity index (χ2n) is 4.18. The van der Waals surface area contributed by atoms with Crippen LogP contribution in [0.4, 0.5) is 5.82 Å². The number of hydrogen-bond donors (Lipinski definition) is 2. The fourth-order valence-corrected chi connectivity index (χ4v) is 2.15. The van der Waals surface area contributed by atoms with Gasteiger partial charge in [0.25, 0.3) is 0 Å². The summed E-state index contributed by atoms with van der Waals surface area (Å²) in [7, 11) is 0. The Hall–Kier alpha value is -1.62. The topological polar surface area (TPSA) is 70.8 Å². The van der Waals surface area contributed by atoms with Crippen LogP contribution < -0.4 is 10.6 Å². The summed E-state index contributed by atoms with van der Waals surface area (Å²) in [4.78, 5) is 13.8. The summed E-state index contributed by atoms with van der Waals surface area (Å²) in [5.41, 5.74) is 6.74. The van der Waals surface area contributed by atoms with Gasteiger partial charge in [-0.15, -0.1) is 0 Å². The van der Waals surface area contributed by atoms with Gasteiger partial charge in [-0.2, -0.15) is 0 Å². The van der Waals surface area contributed by atoms with E-state index in [1.165, 1.54) is 0 Å². The van der Waals surface area contributed by atoms with Crippen LogP contribution in [0, 0.1) is 6.07 Å². The van der Waals surface area contributed by atoms with Gasteiger partial charge in [-0.25, -0.2) is 9.97 Å². The van der Waals surface area contributed by atoms with Crippen LogP contribution in [0.25, 0.3) is 11.0 Å². The predicted molar refractivity (Wildman–Crippen MR) is 62.1 cm³/mol. The predicted octanol–water partition coefficient (Wildman–Crippen LogP) is 0.686. The molecule has 1 aliphatic heterocycles. The summed E-state index contributed by atoms with van der Waals surface area (Å²) in [6.45, 7) is 1.93. The lowest BCUT2D eigenvalue weighted by Crippen LogP contribution is -2.40. The molecule has 0 aliphatic carbocycles. The van der Waals surface area contributed by atoms with Crippen molar-refractivity contribution in [2.24, 2.45) is 5.73 Å². The normalized spacial score (nSPS) is 18.2. The van der Waals surface area contributed by atoms with Crippen LogP contribution in [0.5, 0.6) is 0 Å². The molecule has 2 aromatic rings. The van der Waals surface area contributed by atoms with Crippen LogP contribution in [0.1, 0.15) is 12.8 Å². The maximum atomic E-state index is 5.89. The highest BCUT2D eigenvalue weighted by molar-refractivity contribution is 5.86. The summed E-state index contributed by atoms with van der Waals surface area (Å²) in [6, 6.07) is 3.48. The van der Waals surface area contributed by atoms with Gasteiger partial charge in [0.1, 0.15) is 17.8 Å². The van der Waals surface area contributed by atoms with E-state index in [4.69, 9.17) is 5.73 Å². The molecule has 0 amide bonds. The summed E-state index contributed by atoms with van der Waals surface area (Å²) in [6.07, 6.45) is 5.42. The van der Waals surface area contributed by atoms with Gasteiger partial charge >= 0.3 is 0 Å². The van der Waals surface area contributed by atoms with Gasteiger partial charge in [-0.1, -0.05) is 0 Å². The first-order valence-electron chi connectivity index (χ1n) is 5.55. The van der Waals surface area contributed by atoms with Gasteiger partial charge in [0.15, 0.2) is 0 Å². The lowest BCUT2D eigenvalue weighted by molar-refractivity contribution is 0.499. The van der Waals surface area contributed by atoms with Crippen LogP contribution >= 0.6 is 0 Å². The Labute approximate surface area is 93.7 Å². The third kappa shape index (κ3) is 1.53. The van der Waals surface area contributed by atoms with E-state index in [9.17, 15) is 0 Å². The molecule has 2 aromatic heterocycles. The Morgan fingerprint density at radius 2 is 2.19 bits per heavy atom. The maximum Gasteiger partial charge on any atom is 0.143 e. The molecule has 0 spiro atoms. The number of fused-ring (bicyclic) bond motifs is 1. The third-order valence-electron chi connectivity index (χ3n) is 3.09. The first kappa shape index (κ1) is 9.59. The van der Waals surface area contributed by atoms with Crippen LogP contribution in [0.2, 0.25) is 0 Å². The summed E-state index contributed by atoms with van der Waals surface area (Å²) >= 11 is 0. The van der Waals surface area contributed by atoms with Gasteiger partial charge in [-0.05, 0) is 12.8 Å². The SMILES string of the molecule is NC1CCN(c2ncnc3[nH]c[c]c23)CC1. The standard InChI is InChI=1S/C11H14N5/c12-8-2-5-16(6-3-8)11-9-1-4-13-10(9)14-7-15-11/h4,7-8H,2-3,5-6,12H2,(H,13,14,15). The molecule has 0 aromatic carbocycles. The first-order valence-corrected chi connectivity index (χ1v) is 5.55. The fourth-order valence-electron chi connectivity index (χ4n) is 2.15. The Bertz CT molecular complexity index is 484. The van der Waals surface area contributed by atoms with E-state index < -0.39 is 0 Å².